The number of amides is 2. The van der Waals surface area contributed by atoms with Crippen molar-refractivity contribution in [1.29, 1.82) is 0 Å². The average Bonchev–Trinajstić information content (AvgIpc) is 2.87. The molecule has 0 saturated carbocycles. The Bertz CT molecular complexity index is 1110. The molecular weight excluding hydrogens is 483 g/mol. The maximum absolute atomic E-state index is 14.0. The van der Waals surface area contributed by atoms with Gasteiger partial charge in [-0.25, -0.2) is 4.39 Å². The van der Waals surface area contributed by atoms with Crippen LogP contribution in [0, 0.1) is 5.82 Å². The van der Waals surface area contributed by atoms with E-state index in [0.29, 0.717) is 29.3 Å². The Morgan fingerprint density at radius 3 is 2.31 bits per heavy atom. The highest BCUT2D eigenvalue weighted by Gasteiger charge is 2.30. The molecule has 0 aliphatic rings. The molecule has 3 aromatic rings. The summed E-state index contributed by atoms with van der Waals surface area (Å²) in [5.74, 6) is -0.204. The van der Waals surface area contributed by atoms with Crippen LogP contribution in [-0.2, 0) is 28.3 Å². The molecule has 35 heavy (non-hydrogen) atoms. The molecule has 1 N–H and O–H groups in total. The minimum absolute atomic E-state index is 0.116. The van der Waals surface area contributed by atoms with Gasteiger partial charge < -0.3 is 10.2 Å². The lowest BCUT2D eigenvalue weighted by molar-refractivity contribution is -0.139. The topological polar surface area (TPSA) is 49.4 Å². The Morgan fingerprint density at radius 2 is 1.63 bits per heavy atom. The standard InChI is InChI=1S/C28H30ClFN2O2S/c1-2-16-31-28(34)26(17-21-10-4-3-5-11-21)32(18-22-12-6-8-14-24(22)29)27(33)20-35-19-23-13-7-9-15-25(23)30/h3-15,26H,2,16-20H2,1H3,(H,31,34). The summed E-state index contributed by atoms with van der Waals surface area (Å²) in [6, 6.07) is 22.8. The van der Waals surface area contributed by atoms with Crippen LogP contribution < -0.4 is 5.32 Å². The van der Waals surface area contributed by atoms with E-state index in [2.05, 4.69) is 5.32 Å². The first kappa shape index (κ1) is 26.8. The third-order valence-electron chi connectivity index (χ3n) is 5.56. The van der Waals surface area contributed by atoms with Crippen molar-refractivity contribution in [2.75, 3.05) is 12.3 Å². The lowest BCUT2D eigenvalue weighted by Crippen LogP contribution is -2.51. The number of benzene rings is 3. The zero-order chi connectivity index (χ0) is 25.0. The fourth-order valence-electron chi connectivity index (χ4n) is 3.68. The van der Waals surface area contributed by atoms with Crippen LogP contribution in [-0.4, -0.2) is 35.1 Å². The number of hydrogen-bond donors (Lipinski definition) is 1. The Morgan fingerprint density at radius 1 is 0.971 bits per heavy atom. The van der Waals surface area contributed by atoms with Crippen LogP contribution in [0.5, 0.6) is 0 Å². The highest BCUT2D eigenvalue weighted by molar-refractivity contribution is 7.99. The minimum atomic E-state index is -0.707. The SMILES string of the molecule is CCCNC(=O)C(Cc1ccccc1)N(Cc1ccccc1Cl)C(=O)CSCc1ccccc1F. The van der Waals surface area contributed by atoms with Gasteiger partial charge in [0.1, 0.15) is 11.9 Å². The molecule has 1 atom stereocenters. The molecule has 0 bridgehead atoms. The quantitative estimate of drug-likeness (QED) is 0.330. The van der Waals surface area contributed by atoms with E-state index in [0.717, 1.165) is 17.5 Å². The number of nitrogens with zero attached hydrogens (tertiary/aromatic N) is 1. The molecule has 0 spiro atoms. The van der Waals surface area contributed by atoms with Crippen molar-refractivity contribution in [1.82, 2.24) is 10.2 Å². The molecule has 7 heteroatoms. The van der Waals surface area contributed by atoms with Gasteiger partial charge in [-0.1, -0.05) is 85.3 Å². The highest BCUT2D eigenvalue weighted by atomic mass is 35.5. The van der Waals surface area contributed by atoms with E-state index in [4.69, 9.17) is 11.6 Å². The number of nitrogens with one attached hydrogen (secondary N) is 1. The Hall–Kier alpha value is -2.83. The first-order chi connectivity index (χ1) is 17.0. The smallest absolute Gasteiger partial charge is 0.243 e. The van der Waals surface area contributed by atoms with E-state index < -0.39 is 6.04 Å². The van der Waals surface area contributed by atoms with Crippen LogP contribution >= 0.6 is 23.4 Å². The molecule has 0 aromatic heterocycles. The second-order valence-corrected chi connectivity index (χ2v) is 9.59. The summed E-state index contributed by atoms with van der Waals surface area (Å²) in [6.07, 6.45) is 1.17. The summed E-state index contributed by atoms with van der Waals surface area (Å²) >= 11 is 7.75. The second-order valence-electron chi connectivity index (χ2n) is 8.19. The summed E-state index contributed by atoms with van der Waals surface area (Å²) in [5.41, 5.74) is 2.27. The van der Waals surface area contributed by atoms with Crippen molar-refractivity contribution in [2.45, 2.75) is 38.1 Å². The minimum Gasteiger partial charge on any atom is -0.354 e. The van der Waals surface area contributed by atoms with E-state index in [-0.39, 0.29) is 29.9 Å². The molecule has 2 amide bonds. The van der Waals surface area contributed by atoms with Gasteiger partial charge >= 0.3 is 0 Å². The molecule has 0 fully saturated rings. The van der Waals surface area contributed by atoms with Gasteiger partial charge in [-0.2, -0.15) is 0 Å². The predicted octanol–water partition coefficient (Wildman–Crippen LogP) is 5.88. The number of carbonyl (C=O) groups is 2. The number of hydrogen-bond acceptors (Lipinski definition) is 3. The summed E-state index contributed by atoms with van der Waals surface area (Å²) in [4.78, 5) is 28.4. The molecule has 0 heterocycles. The Kier molecular flexibility index (Phi) is 10.6. The number of rotatable bonds is 12. The van der Waals surface area contributed by atoms with Crippen LogP contribution in [0.2, 0.25) is 5.02 Å². The lowest BCUT2D eigenvalue weighted by atomic mass is 10.0. The van der Waals surface area contributed by atoms with Crippen molar-refractivity contribution in [3.05, 3.63) is 106 Å². The summed E-state index contributed by atoms with van der Waals surface area (Å²) in [7, 11) is 0. The first-order valence-electron chi connectivity index (χ1n) is 11.6. The van der Waals surface area contributed by atoms with Gasteiger partial charge in [-0.3, -0.25) is 9.59 Å². The molecule has 1 unspecified atom stereocenters. The Labute approximate surface area is 215 Å². The molecule has 3 aromatic carbocycles. The van der Waals surface area contributed by atoms with Gasteiger partial charge in [-0.05, 0) is 35.2 Å². The predicted molar refractivity (Wildman–Crippen MR) is 142 cm³/mol. The van der Waals surface area contributed by atoms with Crippen LogP contribution in [0.3, 0.4) is 0 Å². The van der Waals surface area contributed by atoms with Gasteiger partial charge in [0.15, 0.2) is 0 Å². The van der Waals surface area contributed by atoms with E-state index in [9.17, 15) is 14.0 Å². The van der Waals surface area contributed by atoms with Crippen molar-refractivity contribution in [3.63, 3.8) is 0 Å². The monoisotopic (exact) mass is 512 g/mol. The van der Waals surface area contributed by atoms with E-state index >= 15 is 0 Å². The van der Waals surface area contributed by atoms with Gasteiger partial charge in [0, 0.05) is 30.3 Å². The maximum atomic E-state index is 14.0. The van der Waals surface area contributed by atoms with Gasteiger partial charge in [-0.15, -0.1) is 11.8 Å². The fraction of sp³-hybridized carbons (Fsp3) is 0.286. The molecule has 0 radical (unpaired) electrons. The van der Waals surface area contributed by atoms with Crippen molar-refractivity contribution >= 4 is 35.2 Å². The van der Waals surface area contributed by atoms with Gasteiger partial charge in [0.25, 0.3) is 0 Å². The van der Waals surface area contributed by atoms with Crippen LogP contribution in [0.1, 0.15) is 30.0 Å². The van der Waals surface area contributed by atoms with Crippen LogP contribution in [0.25, 0.3) is 0 Å². The zero-order valence-electron chi connectivity index (χ0n) is 19.8. The fourth-order valence-corrected chi connectivity index (χ4v) is 4.77. The van der Waals surface area contributed by atoms with Gasteiger partial charge in [0.2, 0.25) is 11.8 Å². The second kappa shape index (κ2) is 13.9. The molecular formula is C28H30ClFN2O2S. The highest BCUT2D eigenvalue weighted by Crippen LogP contribution is 2.22. The Balaban J connectivity index is 1.85. The summed E-state index contributed by atoms with van der Waals surface area (Å²) < 4.78 is 14.0. The summed E-state index contributed by atoms with van der Waals surface area (Å²) in [5, 5.41) is 3.49. The molecule has 3 rings (SSSR count). The molecule has 0 saturated heterocycles. The van der Waals surface area contributed by atoms with Gasteiger partial charge in [0.05, 0.1) is 5.75 Å². The summed E-state index contributed by atoms with van der Waals surface area (Å²) in [6.45, 7) is 2.72. The molecule has 0 aliphatic heterocycles. The lowest BCUT2D eigenvalue weighted by Gasteiger charge is -2.31. The van der Waals surface area contributed by atoms with Crippen molar-refractivity contribution < 1.29 is 14.0 Å². The number of thioether (sulfide) groups is 1. The van der Waals surface area contributed by atoms with Crippen molar-refractivity contribution in [3.8, 4) is 0 Å². The largest absolute Gasteiger partial charge is 0.354 e. The molecule has 184 valence electrons. The number of halogens is 2. The first-order valence-corrected chi connectivity index (χ1v) is 13.2. The van der Waals surface area contributed by atoms with E-state index in [1.54, 1.807) is 29.2 Å². The van der Waals surface area contributed by atoms with Crippen LogP contribution in [0.4, 0.5) is 4.39 Å². The molecule has 4 nitrogen and oxygen atoms in total. The van der Waals surface area contributed by atoms with Crippen molar-refractivity contribution in [2.24, 2.45) is 0 Å². The van der Waals surface area contributed by atoms with Crippen LogP contribution in [0.15, 0.2) is 78.9 Å². The zero-order valence-corrected chi connectivity index (χ0v) is 21.3. The third-order valence-corrected chi connectivity index (χ3v) is 6.89. The normalized spacial score (nSPS) is 11.6. The van der Waals surface area contributed by atoms with E-state index in [1.807, 2.05) is 55.5 Å². The third kappa shape index (κ3) is 8.11. The van der Waals surface area contributed by atoms with E-state index in [1.165, 1.54) is 17.8 Å². The maximum Gasteiger partial charge on any atom is 0.243 e. The molecule has 0 aliphatic carbocycles. The average molecular weight is 513 g/mol. The number of carbonyl (C=O) groups excluding carboxylic acids is 2.